The van der Waals surface area contributed by atoms with E-state index in [0.717, 1.165) is 18.7 Å². The van der Waals surface area contributed by atoms with Crippen molar-refractivity contribution in [3.63, 3.8) is 0 Å². The Kier molecular flexibility index (Phi) is 6.63. The summed E-state index contributed by atoms with van der Waals surface area (Å²) in [5.74, 6) is 2.29. The van der Waals surface area contributed by atoms with E-state index >= 15 is 0 Å². The van der Waals surface area contributed by atoms with Crippen molar-refractivity contribution in [2.75, 3.05) is 6.54 Å². The molecule has 1 aliphatic rings. The van der Waals surface area contributed by atoms with Crippen LogP contribution >= 0.6 is 0 Å². The van der Waals surface area contributed by atoms with Crippen LogP contribution in [0.4, 0.5) is 0 Å². The first-order valence-electron chi connectivity index (χ1n) is 10.9. The molecule has 0 aromatic heterocycles. The Hall–Kier alpha value is -2.58. The van der Waals surface area contributed by atoms with Crippen molar-refractivity contribution in [3.8, 4) is 5.75 Å². The van der Waals surface area contributed by atoms with Gasteiger partial charge in [0, 0.05) is 0 Å². The molecule has 2 heteroatoms. The second-order valence-corrected chi connectivity index (χ2v) is 8.13. The van der Waals surface area contributed by atoms with Gasteiger partial charge in [-0.2, -0.15) is 0 Å². The van der Waals surface area contributed by atoms with Crippen molar-refractivity contribution in [3.05, 3.63) is 101 Å². The molecule has 0 saturated heterocycles. The summed E-state index contributed by atoms with van der Waals surface area (Å²) < 4.78 is 5.94. The number of nitrogens with two attached hydrogens (primary N) is 1. The molecule has 0 atom stereocenters. The lowest BCUT2D eigenvalue weighted by atomic mass is 9.75. The van der Waals surface area contributed by atoms with E-state index in [0.29, 0.717) is 18.4 Å². The van der Waals surface area contributed by atoms with Gasteiger partial charge in [0.25, 0.3) is 0 Å². The molecule has 2 N–H and O–H groups in total. The van der Waals surface area contributed by atoms with Crippen LogP contribution in [0.25, 0.3) is 0 Å². The van der Waals surface area contributed by atoms with E-state index in [-0.39, 0.29) is 0 Å². The summed E-state index contributed by atoms with van der Waals surface area (Å²) in [6.45, 7) is 1.35. The quantitative estimate of drug-likeness (QED) is 0.525. The molecule has 150 valence electrons. The summed E-state index contributed by atoms with van der Waals surface area (Å²) in [5.41, 5.74) is 11.4. The third kappa shape index (κ3) is 5.07. The predicted octanol–water partition coefficient (Wildman–Crippen LogP) is 6.21. The highest BCUT2D eigenvalue weighted by atomic mass is 16.5. The van der Waals surface area contributed by atoms with E-state index in [1.807, 2.05) is 18.2 Å². The molecule has 0 aliphatic heterocycles. The van der Waals surface area contributed by atoms with Gasteiger partial charge in [0.05, 0.1) is 0 Å². The van der Waals surface area contributed by atoms with Crippen LogP contribution in [0.3, 0.4) is 0 Å². The first kappa shape index (κ1) is 19.7. The third-order valence-corrected chi connectivity index (χ3v) is 6.24. The molecule has 0 unspecified atom stereocenters. The van der Waals surface area contributed by atoms with Crippen LogP contribution < -0.4 is 10.5 Å². The zero-order valence-corrected chi connectivity index (χ0v) is 17.1. The van der Waals surface area contributed by atoms with Gasteiger partial charge in [-0.1, -0.05) is 66.7 Å². The molecule has 0 bridgehead atoms. The van der Waals surface area contributed by atoms with Crippen molar-refractivity contribution in [1.82, 2.24) is 0 Å². The molecule has 0 radical (unpaired) electrons. The Bertz CT molecular complexity index is 880. The van der Waals surface area contributed by atoms with Gasteiger partial charge in [0.1, 0.15) is 12.4 Å². The number of benzene rings is 3. The monoisotopic (exact) mass is 385 g/mol. The van der Waals surface area contributed by atoms with Crippen LogP contribution in [-0.2, 0) is 13.0 Å². The van der Waals surface area contributed by atoms with Gasteiger partial charge in [-0.05, 0) is 84.9 Å². The molecule has 4 rings (SSSR count). The van der Waals surface area contributed by atoms with Crippen LogP contribution in [0.5, 0.6) is 5.75 Å². The van der Waals surface area contributed by atoms with E-state index in [2.05, 4.69) is 60.7 Å². The molecule has 0 heterocycles. The van der Waals surface area contributed by atoms with Gasteiger partial charge in [0.15, 0.2) is 0 Å². The van der Waals surface area contributed by atoms with Crippen molar-refractivity contribution in [2.24, 2.45) is 5.73 Å². The number of hydrogen-bond acceptors (Lipinski definition) is 2. The zero-order valence-electron chi connectivity index (χ0n) is 17.1. The highest BCUT2D eigenvalue weighted by molar-refractivity contribution is 5.33. The minimum absolute atomic E-state index is 0.619. The van der Waals surface area contributed by atoms with Crippen molar-refractivity contribution in [2.45, 2.75) is 50.5 Å². The van der Waals surface area contributed by atoms with E-state index in [4.69, 9.17) is 10.5 Å². The molecule has 29 heavy (non-hydrogen) atoms. The van der Waals surface area contributed by atoms with Gasteiger partial charge in [-0.25, -0.2) is 0 Å². The van der Waals surface area contributed by atoms with Crippen LogP contribution in [0, 0.1) is 0 Å². The summed E-state index contributed by atoms with van der Waals surface area (Å²) in [6, 6.07) is 28.0. The van der Waals surface area contributed by atoms with Crippen molar-refractivity contribution >= 4 is 0 Å². The predicted molar refractivity (Wildman–Crippen MR) is 120 cm³/mol. The van der Waals surface area contributed by atoms with Crippen LogP contribution in [0.15, 0.2) is 78.9 Å². The Morgan fingerprint density at radius 3 is 2.10 bits per heavy atom. The molecule has 2 nitrogen and oxygen atoms in total. The molecular weight excluding hydrogens is 354 g/mol. The maximum atomic E-state index is 5.94. The molecule has 0 amide bonds. The fourth-order valence-electron chi connectivity index (χ4n) is 4.63. The van der Waals surface area contributed by atoms with E-state index in [1.165, 1.54) is 47.9 Å². The molecule has 0 spiro atoms. The lowest BCUT2D eigenvalue weighted by molar-refractivity contribution is 0.306. The molecule has 1 fully saturated rings. The lowest BCUT2D eigenvalue weighted by Gasteiger charge is -2.30. The summed E-state index contributed by atoms with van der Waals surface area (Å²) >= 11 is 0. The summed E-state index contributed by atoms with van der Waals surface area (Å²) in [5, 5.41) is 0. The SMILES string of the molecule is NCCc1ccccc1C1CCC(c2ccc(OCc3ccccc3)cc2)CC1. The smallest absolute Gasteiger partial charge is 0.119 e. The number of rotatable bonds is 7. The Morgan fingerprint density at radius 2 is 1.38 bits per heavy atom. The third-order valence-electron chi connectivity index (χ3n) is 6.24. The fraction of sp³-hybridized carbons (Fsp3) is 0.333. The number of ether oxygens (including phenoxy) is 1. The van der Waals surface area contributed by atoms with Crippen LogP contribution in [0.1, 0.15) is 59.8 Å². The summed E-state index contributed by atoms with van der Waals surface area (Å²) in [6.07, 6.45) is 6.02. The minimum atomic E-state index is 0.619. The van der Waals surface area contributed by atoms with Gasteiger partial charge >= 0.3 is 0 Å². The highest BCUT2D eigenvalue weighted by Gasteiger charge is 2.24. The van der Waals surface area contributed by atoms with Gasteiger partial charge in [0.2, 0.25) is 0 Å². The van der Waals surface area contributed by atoms with Crippen LogP contribution in [0.2, 0.25) is 0 Å². The first-order chi connectivity index (χ1) is 14.3. The topological polar surface area (TPSA) is 35.2 Å². The zero-order chi connectivity index (χ0) is 19.9. The van der Waals surface area contributed by atoms with E-state index < -0.39 is 0 Å². The second-order valence-electron chi connectivity index (χ2n) is 8.13. The van der Waals surface area contributed by atoms with E-state index in [1.54, 1.807) is 0 Å². The maximum Gasteiger partial charge on any atom is 0.119 e. The molecule has 1 aliphatic carbocycles. The fourth-order valence-corrected chi connectivity index (χ4v) is 4.63. The van der Waals surface area contributed by atoms with Gasteiger partial charge < -0.3 is 10.5 Å². The molecule has 3 aromatic rings. The highest BCUT2D eigenvalue weighted by Crippen LogP contribution is 2.41. The normalized spacial score (nSPS) is 19.1. The maximum absolute atomic E-state index is 5.94. The standard InChI is InChI=1S/C27H31NO/c28-19-18-24-8-4-5-9-27(24)25-12-10-22(11-13-25)23-14-16-26(17-15-23)29-20-21-6-2-1-3-7-21/h1-9,14-17,22,25H,10-13,18-20,28H2. The second kappa shape index (κ2) is 9.76. The van der Waals surface area contributed by atoms with Crippen LogP contribution in [-0.4, -0.2) is 6.54 Å². The largest absolute Gasteiger partial charge is 0.489 e. The first-order valence-corrected chi connectivity index (χ1v) is 10.9. The minimum Gasteiger partial charge on any atom is -0.489 e. The summed E-state index contributed by atoms with van der Waals surface area (Å²) in [7, 11) is 0. The lowest BCUT2D eigenvalue weighted by Crippen LogP contribution is -2.14. The average Bonchev–Trinajstić information content (AvgIpc) is 2.80. The summed E-state index contributed by atoms with van der Waals surface area (Å²) in [4.78, 5) is 0. The Morgan fingerprint density at radius 1 is 0.724 bits per heavy atom. The van der Waals surface area contributed by atoms with Gasteiger partial charge in [-0.15, -0.1) is 0 Å². The average molecular weight is 386 g/mol. The molecular formula is C27H31NO. The molecule has 1 saturated carbocycles. The Labute approximate surface area is 174 Å². The number of hydrogen-bond donors (Lipinski definition) is 1. The van der Waals surface area contributed by atoms with Gasteiger partial charge in [-0.3, -0.25) is 0 Å². The van der Waals surface area contributed by atoms with E-state index in [9.17, 15) is 0 Å². The Balaban J connectivity index is 1.33. The van der Waals surface area contributed by atoms with Crippen molar-refractivity contribution < 1.29 is 4.74 Å². The molecule has 3 aromatic carbocycles. The van der Waals surface area contributed by atoms with Crippen molar-refractivity contribution in [1.29, 1.82) is 0 Å².